The smallest absolute Gasteiger partial charge is 0.743 e. The van der Waals surface area contributed by atoms with Crippen molar-refractivity contribution in [2.24, 2.45) is 11.8 Å². The molecule has 0 aromatic rings. The van der Waals surface area contributed by atoms with Crippen LogP contribution in [-0.2, 0) is 33.9 Å². The number of rotatable bonds is 3. The zero-order chi connectivity index (χ0) is 15.6. The van der Waals surface area contributed by atoms with Crippen LogP contribution in [0, 0.1) is 11.8 Å². The fraction of sp³-hybridized carbons (Fsp3) is 0.800. The molecule has 0 radical (unpaired) electrons. The standard InChI is InChI=1S/C10H10F2O8S.Na/c11-10(12,21(15,16)17)9(14)20-5-1-4-3-2-18-8(13)6(3)7(5)19-4;/h3-7H,1-2H2,(H,15,16,17);/q;+1/p-1. The summed E-state index contributed by atoms with van der Waals surface area (Å²) in [7, 11) is -6.17. The van der Waals surface area contributed by atoms with E-state index in [1.165, 1.54) is 0 Å². The average molecular weight is 350 g/mol. The number of ether oxygens (including phenoxy) is 3. The monoisotopic (exact) mass is 350 g/mol. The molecule has 0 N–H and O–H groups in total. The Morgan fingerprint density at radius 3 is 2.64 bits per heavy atom. The minimum atomic E-state index is -6.17. The van der Waals surface area contributed by atoms with E-state index in [0.717, 1.165) is 0 Å². The van der Waals surface area contributed by atoms with Gasteiger partial charge in [0.05, 0.1) is 18.6 Å². The van der Waals surface area contributed by atoms with E-state index in [9.17, 15) is 31.3 Å². The maximum Gasteiger partial charge on any atom is 1.00 e. The summed E-state index contributed by atoms with van der Waals surface area (Å²) in [5.41, 5.74) is 0. The molecule has 3 saturated heterocycles. The van der Waals surface area contributed by atoms with Gasteiger partial charge in [-0.2, -0.15) is 8.78 Å². The third kappa shape index (κ3) is 2.57. The predicted octanol–water partition coefficient (Wildman–Crippen LogP) is -4.00. The first-order chi connectivity index (χ1) is 9.63. The van der Waals surface area contributed by atoms with E-state index in [1.54, 1.807) is 0 Å². The molecule has 5 atom stereocenters. The van der Waals surface area contributed by atoms with Gasteiger partial charge in [-0.05, 0) is 0 Å². The largest absolute Gasteiger partial charge is 1.00 e. The van der Waals surface area contributed by atoms with Crippen molar-refractivity contribution in [1.29, 1.82) is 0 Å². The molecule has 0 aromatic carbocycles. The van der Waals surface area contributed by atoms with E-state index >= 15 is 0 Å². The first-order valence-electron chi connectivity index (χ1n) is 5.99. The molecule has 0 aromatic heterocycles. The predicted molar refractivity (Wildman–Crippen MR) is 55.7 cm³/mol. The van der Waals surface area contributed by atoms with Crippen LogP contribution < -0.4 is 29.6 Å². The van der Waals surface area contributed by atoms with Crippen molar-refractivity contribution in [1.82, 2.24) is 0 Å². The number of carbonyl (C=O) groups is 2. The fourth-order valence-electron chi connectivity index (χ4n) is 2.99. The Morgan fingerprint density at radius 1 is 1.41 bits per heavy atom. The van der Waals surface area contributed by atoms with Crippen molar-refractivity contribution in [3.63, 3.8) is 0 Å². The van der Waals surface area contributed by atoms with Crippen LogP contribution in [0.2, 0.25) is 0 Å². The second-order valence-electron chi connectivity index (χ2n) is 5.11. The molecular weight excluding hydrogens is 341 g/mol. The molecule has 5 unspecified atom stereocenters. The first kappa shape index (κ1) is 18.0. The van der Waals surface area contributed by atoms with Gasteiger partial charge in [0.25, 0.3) is 0 Å². The van der Waals surface area contributed by atoms with Crippen LogP contribution in [0.1, 0.15) is 6.42 Å². The number of cyclic esters (lactones) is 1. The number of fused-ring (bicyclic) bond motifs is 5. The van der Waals surface area contributed by atoms with Crippen LogP contribution in [0.25, 0.3) is 0 Å². The Labute approximate surface area is 145 Å². The minimum Gasteiger partial charge on any atom is -0.743 e. The molecule has 3 fully saturated rings. The van der Waals surface area contributed by atoms with Gasteiger partial charge in [0, 0.05) is 12.3 Å². The molecule has 12 heteroatoms. The molecule has 0 amide bonds. The third-order valence-corrected chi connectivity index (χ3v) is 4.75. The first-order valence-corrected chi connectivity index (χ1v) is 7.40. The van der Waals surface area contributed by atoms with E-state index in [1.807, 2.05) is 0 Å². The van der Waals surface area contributed by atoms with Crippen LogP contribution in [0.15, 0.2) is 0 Å². The van der Waals surface area contributed by atoms with E-state index in [0.29, 0.717) is 0 Å². The third-order valence-electron chi connectivity index (χ3n) is 3.96. The number of halogens is 2. The van der Waals surface area contributed by atoms with Crippen LogP contribution in [0.5, 0.6) is 0 Å². The molecule has 8 nitrogen and oxygen atoms in total. The van der Waals surface area contributed by atoms with Gasteiger partial charge < -0.3 is 18.8 Å². The van der Waals surface area contributed by atoms with Crippen molar-refractivity contribution < 1.29 is 75.1 Å². The van der Waals surface area contributed by atoms with Crippen LogP contribution in [-0.4, -0.2) is 55.1 Å². The number of carbonyl (C=O) groups excluding carboxylic acids is 2. The topological polar surface area (TPSA) is 119 Å². The zero-order valence-electron chi connectivity index (χ0n) is 11.2. The van der Waals surface area contributed by atoms with Gasteiger partial charge in [0.1, 0.15) is 12.2 Å². The SMILES string of the molecule is O=C1OCC2C3CC(OC(=O)C(F)(F)S(=O)(=O)[O-])C(O3)C12.[Na+]. The Kier molecular flexibility index (Phi) is 4.62. The Balaban J connectivity index is 0.00000176. The summed E-state index contributed by atoms with van der Waals surface area (Å²) in [5, 5.41) is -5.18. The molecule has 3 rings (SSSR count). The molecule has 118 valence electrons. The van der Waals surface area contributed by atoms with Crippen molar-refractivity contribution in [2.75, 3.05) is 6.61 Å². The molecule has 0 aliphatic carbocycles. The summed E-state index contributed by atoms with van der Waals surface area (Å²) in [6.07, 6.45) is -2.60. The number of hydrogen-bond donors (Lipinski definition) is 0. The molecule has 3 aliphatic heterocycles. The number of esters is 2. The van der Waals surface area contributed by atoms with Gasteiger partial charge in [0.15, 0.2) is 10.1 Å². The summed E-state index contributed by atoms with van der Waals surface area (Å²) < 4.78 is 71.8. The molecule has 0 spiro atoms. The van der Waals surface area contributed by atoms with Gasteiger partial charge in [-0.1, -0.05) is 0 Å². The number of hydrogen-bond acceptors (Lipinski definition) is 8. The molecular formula is C10H9F2NaO8S. The van der Waals surface area contributed by atoms with Crippen molar-refractivity contribution in [3.8, 4) is 0 Å². The minimum absolute atomic E-state index is 0. The van der Waals surface area contributed by atoms with Crippen LogP contribution in [0.4, 0.5) is 8.78 Å². The zero-order valence-corrected chi connectivity index (χ0v) is 14.0. The summed E-state index contributed by atoms with van der Waals surface area (Å²) in [4.78, 5) is 22.7. The van der Waals surface area contributed by atoms with Crippen molar-refractivity contribution in [2.45, 2.75) is 30.0 Å². The molecule has 0 saturated carbocycles. The summed E-state index contributed by atoms with van der Waals surface area (Å²) in [6.45, 7) is 0.149. The number of alkyl halides is 2. The van der Waals surface area contributed by atoms with Crippen molar-refractivity contribution in [3.05, 3.63) is 0 Å². The van der Waals surface area contributed by atoms with Gasteiger partial charge in [-0.25, -0.2) is 13.2 Å². The van der Waals surface area contributed by atoms with E-state index in [4.69, 9.17) is 9.47 Å². The Morgan fingerprint density at radius 2 is 2.05 bits per heavy atom. The van der Waals surface area contributed by atoms with Crippen molar-refractivity contribution >= 4 is 22.1 Å². The molecule has 3 heterocycles. The molecule has 2 bridgehead atoms. The van der Waals surface area contributed by atoms with Crippen LogP contribution >= 0.6 is 0 Å². The second kappa shape index (κ2) is 5.64. The van der Waals surface area contributed by atoms with Gasteiger partial charge in [-0.15, -0.1) is 0 Å². The Bertz CT molecular complexity index is 608. The van der Waals surface area contributed by atoms with E-state index in [2.05, 4.69) is 4.74 Å². The van der Waals surface area contributed by atoms with Gasteiger partial charge >= 0.3 is 46.8 Å². The molecule has 3 aliphatic rings. The summed E-state index contributed by atoms with van der Waals surface area (Å²) in [5.74, 6) is -3.97. The van der Waals surface area contributed by atoms with E-state index in [-0.39, 0.29) is 48.5 Å². The van der Waals surface area contributed by atoms with E-state index < -0.39 is 51.5 Å². The maximum absolute atomic E-state index is 13.1. The fourth-order valence-corrected chi connectivity index (χ4v) is 3.24. The quantitative estimate of drug-likeness (QED) is 0.287. The Hall–Kier alpha value is -0.330. The summed E-state index contributed by atoms with van der Waals surface area (Å²) in [6, 6.07) is 0. The average Bonchev–Trinajstić information content (AvgIpc) is 3.00. The second-order valence-corrected chi connectivity index (χ2v) is 6.53. The van der Waals surface area contributed by atoms with Gasteiger partial charge in [0.2, 0.25) is 0 Å². The van der Waals surface area contributed by atoms with Crippen LogP contribution in [0.3, 0.4) is 0 Å². The normalized spacial score (nSPS) is 36.5. The molecule has 22 heavy (non-hydrogen) atoms. The van der Waals surface area contributed by atoms with Gasteiger partial charge in [-0.3, -0.25) is 4.79 Å². The maximum atomic E-state index is 13.1. The summed E-state index contributed by atoms with van der Waals surface area (Å²) >= 11 is 0.